The number of carbonyl (C=O) groups is 1. The number of amides is 1. The topological polar surface area (TPSA) is 91.0 Å². The molecule has 2 heterocycles. The smallest absolute Gasteiger partial charge is 0.276 e. The van der Waals surface area contributed by atoms with E-state index in [-0.39, 0.29) is 17.8 Å². The van der Waals surface area contributed by atoms with Gasteiger partial charge in [-0.2, -0.15) is 10.2 Å². The van der Waals surface area contributed by atoms with Crippen molar-refractivity contribution in [2.75, 3.05) is 19.0 Å². The fraction of sp³-hybridized carbons (Fsp3) is 0.176. The van der Waals surface area contributed by atoms with Gasteiger partial charge in [-0.25, -0.2) is 9.36 Å². The van der Waals surface area contributed by atoms with Crippen molar-refractivity contribution in [3.05, 3.63) is 70.9 Å². The van der Waals surface area contributed by atoms with E-state index in [1.807, 2.05) is 24.4 Å². The lowest BCUT2D eigenvalue weighted by Crippen LogP contribution is -2.27. The van der Waals surface area contributed by atoms with Crippen LogP contribution in [0.5, 0.6) is 0 Å². The van der Waals surface area contributed by atoms with Crippen molar-refractivity contribution in [2.24, 2.45) is 0 Å². The molecule has 0 aliphatic heterocycles. The van der Waals surface area contributed by atoms with Crippen LogP contribution in [0.2, 0.25) is 0 Å². The Labute approximate surface area is 143 Å². The molecule has 0 unspecified atom stereocenters. The fourth-order valence-corrected chi connectivity index (χ4v) is 2.22. The van der Waals surface area contributed by atoms with Crippen LogP contribution in [0.4, 0.5) is 5.69 Å². The van der Waals surface area contributed by atoms with Crippen molar-refractivity contribution in [2.45, 2.75) is 6.54 Å². The van der Waals surface area contributed by atoms with E-state index in [4.69, 9.17) is 4.74 Å². The lowest BCUT2D eigenvalue weighted by atomic mass is 10.2. The molecule has 2 aromatic heterocycles. The number of nitrogens with one attached hydrogen (secondary N) is 1. The Morgan fingerprint density at radius 1 is 1.20 bits per heavy atom. The first-order chi connectivity index (χ1) is 12.2. The number of rotatable bonds is 6. The molecule has 3 aromatic rings. The monoisotopic (exact) mass is 339 g/mol. The molecule has 8 nitrogen and oxygen atoms in total. The van der Waals surface area contributed by atoms with Crippen molar-refractivity contribution in [1.82, 2.24) is 19.6 Å². The van der Waals surface area contributed by atoms with Crippen LogP contribution in [0.3, 0.4) is 0 Å². The van der Waals surface area contributed by atoms with Gasteiger partial charge in [0, 0.05) is 31.3 Å². The predicted octanol–water partition coefficient (Wildman–Crippen LogP) is 1.33. The van der Waals surface area contributed by atoms with Gasteiger partial charge in [0.1, 0.15) is 5.69 Å². The van der Waals surface area contributed by atoms with Crippen LogP contribution < -0.4 is 10.9 Å². The van der Waals surface area contributed by atoms with Crippen molar-refractivity contribution < 1.29 is 9.53 Å². The first kappa shape index (κ1) is 16.6. The number of aromatic nitrogens is 4. The third-order valence-corrected chi connectivity index (χ3v) is 3.50. The Morgan fingerprint density at radius 2 is 2.00 bits per heavy atom. The Balaban J connectivity index is 1.72. The van der Waals surface area contributed by atoms with E-state index in [1.165, 1.54) is 23.9 Å². The zero-order chi connectivity index (χ0) is 17.6. The molecule has 0 aliphatic carbocycles. The van der Waals surface area contributed by atoms with Gasteiger partial charge in [-0.3, -0.25) is 9.59 Å². The molecule has 0 fully saturated rings. The lowest BCUT2D eigenvalue weighted by Gasteiger charge is -2.08. The van der Waals surface area contributed by atoms with E-state index in [0.717, 1.165) is 5.69 Å². The second kappa shape index (κ2) is 7.54. The normalized spacial score (nSPS) is 10.6. The summed E-state index contributed by atoms with van der Waals surface area (Å²) in [5.74, 6) is -0.391. The van der Waals surface area contributed by atoms with Crippen LogP contribution in [0.15, 0.2) is 59.7 Å². The Kier molecular flexibility index (Phi) is 5.00. The molecular weight excluding hydrogens is 322 g/mol. The minimum Gasteiger partial charge on any atom is -0.383 e. The largest absolute Gasteiger partial charge is 0.383 e. The quantitative estimate of drug-likeness (QED) is 0.731. The summed E-state index contributed by atoms with van der Waals surface area (Å²) in [7, 11) is 1.54. The molecule has 3 rings (SSSR count). The summed E-state index contributed by atoms with van der Waals surface area (Å²) in [4.78, 5) is 24.0. The molecule has 0 saturated heterocycles. The van der Waals surface area contributed by atoms with Crippen LogP contribution in [0, 0.1) is 0 Å². The Bertz CT molecular complexity index is 901. The summed E-state index contributed by atoms with van der Waals surface area (Å²) in [6, 6.07) is 11.8. The Morgan fingerprint density at radius 3 is 2.68 bits per heavy atom. The van der Waals surface area contributed by atoms with Gasteiger partial charge in [-0.15, -0.1) is 0 Å². The van der Waals surface area contributed by atoms with Gasteiger partial charge in [-0.1, -0.05) is 0 Å². The van der Waals surface area contributed by atoms with Crippen LogP contribution in [0.1, 0.15) is 10.5 Å². The fourth-order valence-electron chi connectivity index (χ4n) is 2.22. The predicted molar refractivity (Wildman–Crippen MR) is 91.9 cm³/mol. The number of hydrogen-bond acceptors (Lipinski definition) is 5. The van der Waals surface area contributed by atoms with Crippen molar-refractivity contribution in [1.29, 1.82) is 0 Å². The number of methoxy groups -OCH3 is 1. The molecule has 0 atom stereocenters. The van der Waals surface area contributed by atoms with E-state index in [2.05, 4.69) is 15.5 Å². The van der Waals surface area contributed by atoms with E-state index in [1.54, 1.807) is 23.0 Å². The van der Waals surface area contributed by atoms with Gasteiger partial charge >= 0.3 is 0 Å². The molecule has 0 aliphatic rings. The van der Waals surface area contributed by atoms with Crippen molar-refractivity contribution in [3.63, 3.8) is 0 Å². The molecule has 8 heteroatoms. The van der Waals surface area contributed by atoms with Gasteiger partial charge < -0.3 is 10.1 Å². The average Bonchev–Trinajstić information content (AvgIpc) is 3.16. The third-order valence-electron chi connectivity index (χ3n) is 3.50. The zero-order valence-corrected chi connectivity index (χ0v) is 13.6. The maximum absolute atomic E-state index is 12.3. The minimum atomic E-state index is -0.391. The molecule has 1 amide bonds. The number of anilines is 1. The molecule has 0 spiro atoms. The van der Waals surface area contributed by atoms with Crippen LogP contribution in [0.25, 0.3) is 5.69 Å². The van der Waals surface area contributed by atoms with Crippen molar-refractivity contribution in [3.8, 4) is 5.69 Å². The summed E-state index contributed by atoms with van der Waals surface area (Å²) < 4.78 is 7.86. The summed E-state index contributed by atoms with van der Waals surface area (Å²) in [6.45, 7) is 0.627. The number of benzene rings is 1. The summed E-state index contributed by atoms with van der Waals surface area (Å²) >= 11 is 0. The molecule has 0 saturated carbocycles. The summed E-state index contributed by atoms with van der Waals surface area (Å²) in [5.41, 5.74) is 1.38. The van der Waals surface area contributed by atoms with Crippen LogP contribution in [-0.2, 0) is 11.3 Å². The SMILES string of the molecule is COCCn1nc(C(=O)Nc2ccc(-n3cccn3)cc2)ccc1=O. The highest BCUT2D eigenvalue weighted by Crippen LogP contribution is 2.13. The van der Waals surface area contributed by atoms with Crippen LogP contribution >= 0.6 is 0 Å². The van der Waals surface area contributed by atoms with Crippen molar-refractivity contribution >= 4 is 11.6 Å². The van der Waals surface area contributed by atoms with Crippen LogP contribution in [-0.4, -0.2) is 39.2 Å². The second-order valence-electron chi connectivity index (χ2n) is 5.22. The van der Waals surface area contributed by atoms with E-state index >= 15 is 0 Å². The average molecular weight is 339 g/mol. The number of ether oxygens (including phenoxy) is 1. The lowest BCUT2D eigenvalue weighted by molar-refractivity contribution is 0.101. The van der Waals surface area contributed by atoms with E-state index < -0.39 is 5.91 Å². The maximum atomic E-state index is 12.3. The number of carbonyl (C=O) groups excluding carboxylic acids is 1. The van der Waals surface area contributed by atoms with Gasteiger partial charge in [0.2, 0.25) is 0 Å². The van der Waals surface area contributed by atoms with Gasteiger partial charge in [0.15, 0.2) is 0 Å². The Hall–Kier alpha value is -3.26. The number of hydrogen-bond donors (Lipinski definition) is 1. The van der Waals surface area contributed by atoms with Gasteiger partial charge in [0.25, 0.3) is 11.5 Å². The molecule has 0 radical (unpaired) electrons. The minimum absolute atomic E-state index is 0.159. The highest BCUT2D eigenvalue weighted by atomic mass is 16.5. The first-order valence-corrected chi connectivity index (χ1v) is 7.66. The van der Waals surface area contributed by atoms with Gasteiger partial charge in [-0.05, 0) is 36.4 Å². The molecule has 1 aromatic carbocycles. The standard InChI is InChI=1S/C17H17N5O3/c1-25-12-11-22-16(23)8-7-15(20-22)17(24)19-13-3-5-14(6-4-13)21-10-2-9-18-21/h2-10H,11-12H2,1H3,(H,19,24). The van der Waals surface area contributed by atoms with E-state index in [0.29, 0.717) is 12.3 Å². The highest BCUT2D eigenvalue weighted by Gasteiger charge is 2.10. The summed E-state index contributed by atoms with van der Waals surface area (Å²) in [5, 5.41) is 11.0. The molecule has 1 N–H and O–H groups in total. The molecule has 0 bridgehead atoms. The first-order valence-electron chi connectivity index (χ1n) is 7.66. The molecule has 25 heavy (non-hydrogen) atoms. The molecule has 128 valence electrons. The summed E-state index contributed by atoms with van der Waals surface area (Å²) in [6.07, 6.45) is 3.53. The number of nitrogens with zero attached hydrogens (tertiary/aromatic N) is 4. The second-order valence-corrected chi connectivity index (χ2v) is 5.22. The van der Waals surface area contributed by atoms with E-state index in [9.17, 15) is 9.59 Å². The zero-order valence-electron chi connectivity index (χ0n) is 13.6. The molecular formula is C17H17N5O3. The maximum Gasteiger partial charge on any atom is 0.276 e. The van der Waals surface area contributed by atoms with Gasteiger partial charge in [0.05, 0.1) is 18.8 Å². The third kappa shape index (κ3) is 3.99. The highest BCUT2D eigenvalue weighted by molar-refractivity contribution is 6.02.